The maximum atomic E-state index is 6.18. The standard InChI is InChI=1S/C25H19NO/c1-16-12-17(2)14-19(13-16)18-10-11-26-23(15-18)22-8-5-7-21-20-6-3-4-9-24(20)27-25(21)22/h3-15H,1-2H3. The third-order valence-electron chi connectivity index (χ3n) is 5.00. The van der Waals surface area contributed by atoms with E-state index in [1.54, 1.807) is 0 Å². The highest BCUT2D eigenvalue weighted by atomic mass is 16.3. The zero-order valence-electron chi connectivity index (χ0n) is 15.4. The van der Waals surface area contributed by atoms with Crippen LogP contribution in [0.4, 0.5) is 0 Å². The molecule has 0 aliphatic carbocycles. The first-order valence-electron chi connectivity index (χ1n) is 9.14. The Hall–Kier alpha value is -3.39. The Morgan fingerprint density at radius 2 is 1.48 bits per heavy atom. The molecule has 27 heavy (non-hydrogen) atoms. The minimum atomic E-state index is 0.892. The van der Waals surface area contributed by atoms with Gasteiger partial charge in [-0.1, -0.05) is 59.7 Å². The molecule has 0 N–H and O–H groups in total. The van der Waals surface area contributed by atoms with Gasteiger partial charge in [-0.2, -0.15) is 0 Å². The first-order valence-corrected chi connectivity index (χ1v) is 9.14. The number of furan rings is 1. The molecule has 0 unspecified atom stereocenters. The summed E-state index contributed by atoms with van der Waals surface area (Å²) < 4.78 is 6.18. The van der Waals surface area contributed by atoms with E-state index in [-0.39, 0.29) is 0 Å². The van der Waals surface area contributed by atoms with Crippen LogP contribution in [0.1, 0.15) is 11.1 Å². The molecule has 0 saturated heterocycles. The lowest BCUT2D eigenvalue weighted by Gasteiger charge is -2.08. The molecule has 0 aliphatic rings. The van der Waals surface area contributed by atoms with Gasteiger partial charge in [0.05, 0.1) is 5.69 Å². The second-order valence-electron chi connectivity index (χ2n) is 7.09. The third-order valence-corrected chi connectivity index (χ3v) is 5.00. The minimum Gasteiger partial charge on any atom is -0.455 e. The Labute approximate surface area is 158 Å². The van der Waals surface area contributed by atoms with Gasteiger partial charge in [-0.3, -0.25) is 4.98 Å². The van der Waals surface area contributed by atoms with Crippen LogP contribution in [0.3, 0.4) is 0 Å². The third kappa shape index (κ3) is 2.70. The molecule has 3 aromatic carbocycles. The van der Waals surface area contributed by atoms with Crippen molar-refractivity contribution in [3.8, 4) is 22.4 Å². The van der Waals surface area contributed by atoms with E-state index >= 15 is 0 Å². The van der Waals surface area contributed by atoms with Gasteiger partial charge in [0.2, 0.25) is 0 Å². The number of fused-ring (bicyclic) bond motifs is 3. The summed E-state index contributed by atoms with van der Waals surface area (Å²) in [6, 6.07) is 25.3. The molecule has 2 heteroatoms. The van der Waals surface area contributed by atoms with Gasteiger partial charge < -0.3 is 4.42 Å². The molecule has 2 nitrogen and oxygen atoms in total. The van der Waals surface area contributed by atoms with Crippen LogP contribution in [-0.4, -0.2) is 4.98 Å². The lowest BCUT2D eigenvalue weighted by atomic mass is 9.99. The maximum Gasteiger partial charge on any atom is 0.144 e. The van der Waals surface area contributed by atoms with Crippen LogP contribution >= 0.6 is 0 Å². The molecule has 0 bridgehead atoms. The number of rotatable bonds is 2. The van der Waals surface area contributed by atoms with Crippen LogP contribution < -0.4 is 0 Å². The number of pyridine rings is 1. The fraction of sp³-hybridized carbons (Fsp3) is 0.0800. The van der Waals surface area contributed by atoms with Crippen molar-refractivity contribution in [2.75, 3.05) is 0 Å². The summed E-state index contributed by atoms with van der Waals surface area (Å²) in [7, 11) is 0. The van der Waals surface area contributed by atoms with E-state index in [4.69, 9.17) is 4.42 Å². The first-order chi connectivity index (χ1) is 13.2. The number of hydrogen-bond donors (Lipinski definition) is 0. The van der Waals surface area contributed by atoms with Crippen molar-refractivity contribution in [2.45, 2.75) is 13.8 Å². The van der Waals surface area contributed by atoms with E-state index in [0.717, 1.165) is 33.2 Å². The maximum absolute atomic E-state index is 6.18. The van der Waals surface area contributed by atoms with Gasteiger partial charge in [0, 0.05) is 22.5 Å². The van der Waals surface area contributed by atoms with Crippen molar-refractivity contribution in [1.29, 1.82) is 0 Å². The Balaban J connectivity index is 1.71. The van der Waals surface area contributed by atoms with Crippen LogP contribution in [0.25, 0.3) is 44.3 Å². The molecule has 0 aliphatic heterocycles. The number of aryl methyl sites for hydroxylation is 2. The monoisotopic (exact) mass is 349 g/mol. The Bertz CT molecular complexity index is 1280. The summed E-state index contributed by atoms with van der Waals surface area (Å²) in [5.74, 6) is 0. The molecule has 0 atom stereocenters. The Kier molecular flexibility index (Phi) is 3.58. The Morgan fingerprint density at radius 1 is 0.704 bits per heavy atom. The van der Waals surface area contributed by atoms with Crippen molar-refractivity contribution >= 4 is 21.9 Å². The van der Waals surface area contributed by atoms with E-state index in [9.17, 15) is 0 Å². The van der Waals surface area contributed by atoms with Gasteiger partial charge >= 0.3 is 0 Å². The molecule has 0 radical (unpaired) electrons. The van der Waals surface area contributed by atoms with Crippen LogP contribution in [-0.2, 0) is 0 Å². The van der Waals surface area contributed by atoms with Crippen LogP contribution in [0.15, 0.2) is 83.4 Å². The van der Waals surface area contributed by atoms with Gasteiger partial charge in [0.1, 0.15) is 11.2 Å². The summed E-state index contributed by atoms with van der Waals surface area (Å²) in [4.78, 5) is 4.64. The van der Waals surface area contributed by atoms with E-state index in [2.05, 4.69) is 73.4 Å². The van der Waals surface area contributed by atoms with E-state index in [1.165, 1.54) is 22.3 Å². The van der Waals surface area contributed by atoms with Crippen LogP contribution in [0, 0.1) is 13.8 Å². The van der Waals surface area contributed by atoms with E-state index < -0.39 is 0 Å². The van der Waals surface area contributed by atoms with Gasteiger partial charge in [0.15, 0.2) is 0 Å². The SMILES string of the molecule is Cc1cc(C)cc(-c2ccnc(-c3cccc4c3oc3ccccc34)c2)c1. The van der Waals surface area contributed by atoms with Gasteiger partial charge in [-0.05, 0) is 49.2 Å². The highest BCUT2D eigenvalue weighted by Crippen LogP contribution is 2.36. The number of nitrogens with zero attached hydrogens (tertiary/aromatic N) is 1. The summed E-state index contributed by atoms with van der Waals surface area (Å²) in [5, 5.41) is 2.27. The normalized spacial score (nSPS) is 11.3. The minimum absolute atomic E-state index is 0.892. The molecule has 2 heterocycles. The van der Waals surface area contributed by atoms with Gasteiger partial charge in [0.25, 0.3) is 0 Å². The second-order valence-corrected chi connectivity index (χ2v) is 7.09. The van der Waals surface area contributed by atoms with Crippen molar-refractivity contribution in [2.24, 2.45) is 0 Å². The molecule has 5 aromatic rings. The highest BCUT2D eigenvalue weighted by Gasteiger charge is 2.13. The second kappa shape index (κ2) is 6.10. The largest absolute Gasteiger partial charge is 0.455 e. The Morgan fingerprint density at radius 3 is 2.33 bits per heavy atom. The van der Waals surface area contributed by atoms with E-state index in [1.807, 2.05) is 24.4 Å². The molecule has 0 fully saturated rings. The predicted octanol–water partition coefficient (Wildman–Crippen LogP) is 6.93. The average molecular weight is 349 g/mol. The molecule has 2 aromatic heterocycles. The van der Waals surface area contributed by atoms with Crippen LogP contribution in [0.2, 0.25) is 0 Å². The zero-order chi connectivity index (χ0) is 18.4. The molecule has 0 amide bonds. The fourth-order valence-corrected chi connectivity index (χ4v) is 3.85. The summed E-state index contributed by atoms with van der Waals surface area (Å²) >= 11 is 0. The molecule has 130 valence electrons. The summed E-state index contributed by atoms with van der Waals surface area (Å²) in [6.07, 6.45) is 1.88. The molecular formula is C25H19NO. The van der Waals surface area contributed by atoms with E-state index in [0.29, 0.717) is 0 Å². The molecule has 0 saturated carbocycles. The lowest BCUT2D eigenvalue weighted by molar-refractivity contribution is 0.670. The zero-order valence-corrected chi connectivity index (χ0v) is 15.4. The van der Waals surface area contributed by atoms with Crippen molar-refractivity contribution in [3.63, 3.8) is 0 Å². The number of benzene rings is 3. The number of para-hydroxylation sites is 2. The van der Waals surface area contributed by atoms with Crippen molar-refractivity contribution in [1.82, 2.24) is 4.98 Å². The smallest absolute Gasteiger partial charge is 0.144 e. The topological polar surface area (TPSA) is 26.0 Å². The summed E-state index contributed by atoms with van der Waals surface area (Å²) in [5.41, 5.74) is 8.67. The molecule has 5 rings (SSSR count). The van der Waals surface area contributed by atoms with Gasteiger partial charge in [-0.15, -0.1) is 0 Å². The fourth-order valence-electron chi connectivity index (χ4n) is 3.85. The average Bonchev–Trinajstić information content (AvgIpc) is 3.06. The number of aromatic nitrogens is 1. The number of hydrogen-bond acceptors (Lipinski definition) is 2. The predicted molar refractivity (Wildman–Crippen MR) is 112 cm³/mol. The quantitative estimate of drug-likeness (QED) is 0.345. The van der Waals surface area contributed by atoms with Crippen molar-refractivity contribution < 1.29 is 4.42 Å². The first kappa shape index (κ1) is 15.8. The van der Waals surface area contributed by atoms with Gasteiger partial charge in [-0.25, -0.2) is 0 Å². The highest BCUT2D eigenvalue weighted by molar-refractivity contribution is 6.09. The van der Waals surface area contributed by atoms with Crippen LogP contribution in [0.5, 0.6) is 0 Å². The summed E-state index contributed by atoms with van der Waals surface area (Å²) in [6.45, 7) is 4.27. The lowest BCUT2D eigenvalue weighted by Crippen LogP contribution is -1.87. The van der Waals surface area contributed by atoms with Crippen molar-refractivity contribution in [3.05, 3.63) is 90.1 Å². The molecular weight excluding hydrogens is 330 g/mol. The molecule has 0 spiro atoms.